The molecule has 0 bridgehead atoms. The van der Waals surface area contributed by atoms with Crippen molar-refractivity contribution in [2.75, 3.05) is 19.6 Å². The van der Waals surface area contributed by atoms with Gasteiger partial charge in [-0.15, -0.1) is 0 Å². The van der Waals surface area contributed by atoms with Crippen LogP contribution in [-0.2, 0) is 0 Å². The minimum Gasteiger partial charge on any atom is -0.314 e. The summed E-state index contributed by atoms with van der Waals surface area (Å²) in [7, 11) is 0. The van der Waals surface area contributed by atoms with Gasteiger partial charge < -0.3 is 5.32 Å². The molecule has 1 unspecified atom stereocenters. The zero-order valence-electron chi connectivity index (χ0n) is 10.2. The molecule has 0 radical (unpaired) electrons. The molecule has 0 spiro atoms. The molecule has 1 aliphatic heterocycles. The van der Waals surface area contributed by atoms with Gasteiger partial charge in [0.05, 0.1) is 0 Å². The lowest BCUT2D eigenvalue weighted by Gasteiger charge is -2.42. The van der Waals surface area contributed by atoms with Gasteiger partial charge in [-0.3, -0.25) is 4.90 Å². The van der Waals surface area contributed by atoms with E-state index in [0.717, 1.165) is 18.0 Å². The van der Waals surface area contributed by atoms with E-state index in [-0.39, 0.29) is 0 Å². The second-order valence-electron chi connectivity index (χ2n) is 5.03. The normalized spacial score (nSPS) is 20.1. The fraction of sp³-hybridized carbons (Fsp3) is 1.00. The molecule has 0 aromatic heterocycles. The largest absolute Gasteiger partial charge is 0.314 e. The molecule has 84 valence electrons. The average Bonchev–Trinajstić information content (AvgIpc) is 1.98. The molecular formula is C12H26N2. The summed E-state index contributed by atoms with van der Waals surface area (Å²) in [6.45, 7) is 13.0. The minimum absolute atomic E-state index is 0.752. The molecule has 1 heterocycles. The van der Waals surface area contributed by atoms with Crippen molar-refractivity contribution in [3.05, 3.63) is 0 Å². The first-order valence-corrected chi connectivity index (χ1v) is 6.11. The molecule has 1 rings (SSSR count). The summed E-state index contributed by atoms with van der Waals surface area (Å²) in [5.41, 5.74) is 0. The summed E-state index contributed by atoms with van der Waals surface area (Å²) >= 11 is 0. The Morgan fingerprint density at radius 3 is 2.29 bits per heavy atom. The van der Waals surface area contributed by atoms with Gasteiger partial charge in [-0.2, -0.15) is 0 Å². The molecule has 0 aromatic rings. The molecular weight excluding hydrogens is 172 g/mol. The maximum absolute atomic E-state index is 3.37. The van der Waals surface area contributed by atoms with Gasteiger partial charge in [-0.1, -0.05) is 20.8 Å². The van der Waals surface area contributed by atoms with E-state index in [0.29, 0.717) is 0 Å². The number of nitrogens with zero attached hydrogens (tertiary/aromatic N) is 1. The third-order valence-electron chi connectivity index (χ3n) is 3.09. The molecule has 1 N–H and O–H groups in total. The molecule has 1 saturated heterocycles. The van der Waals surface area contributed by atoms with Gasteiger partial charge in [0, 0.05) is 25.2 Å². The lowest BCUT2D eigenvalue weighted by Crippen LogP contribution is -2.59. The lowest BCUT2D eigenvalue weighted by atomic mass is 10.00. The number of hydrogen-bond donors (Lipinski definition) is 1. The molecule has 1 atom stereocenters. The van der Waals surface area contributed by atoms with Crippen LogP contribution in [-0.4, -0.2) is 36.6 Å². The Hall–Kier alpha value is -0.0800. The Bertz CT molecular complexity index is 152. The van der Waals surface area contributed by atoms with E-state index >= 15 is 0 Å². The Labute approximate surface area is 89.1 Å². The first-order chi connectivity index (χ1) is 6.65. The average molecular weight is 198 g/mol. The summed E-state index contributed by atoms with van der Waals surface area (Å²) in [6, 6.07) is 1.56. The Kier molecular flexibility index (Phi) is 4.90. The Morgan fingerprint density at radius 1 is 1.29 bits per heavy atom. The summed E-state index contributed by atoms with van der Waals surface area (Å²) in [6.07, 6.45) is 2.61. The van der Waals surface area contributed by atoms with Crippen LogP contribution in [0.1, 0.15) is 40.5 Å². The van der Waals surface area contributed by atoms with Crippen LogP contribution >= 0.6 is 0 Å². The summed E-state index contributed by atoms with van der Waals surface area (Å²) < 4.78 is 0. The van der Waals surface area contributed by atoms with Crippen LogP contribution < -0.4 is 5.32 Å². The molecule has 0 amide bonds. The van der Waals surface area contributed by atoms with Crippen molar-refractivity contribution in [1.82, 2.24) is 10.2 Å². The van der Waals surface area contributed by atoms with Crippen LogP contribution in [0.25, 0.3) is 0 Å². The molecule has 0 aromatic carbocycles. The van der Waals surface area contributed by atoms with Gasteiger partial charge in [0.25, 0.3) is 0 Å². The fourth-order valence-electron chi connectivity index (χ4n) is 2.35. The van der Waals surface area contributed by atoms with Crippen molar-refractivity contribution in [1.29, 1.82) is 0 Å². The maximum atomic E-state index is 3.37. The van der Waals surface area contributed by atoms with Crippen LogP contribution in [0.2, 0.25) is 0 Å². The van der Waals surface area contributed by atoms with E-state index in [4.69, 9.17) is 0 Å². The van der Waals surface area contributed by atoms with Gasteiger partial charge in [-0.25, -0.2) is 0 Å². The van der Waals surface area contributed by atoms with E-state index in [1.54, 1.807) is 0 Å². The second-order valence-corrected chi connectivity index (χ2v) is 5.03. The van der Waals surface area contributed by atoms with Crippen LogP contribution in [0.4, 0.5) is 0 Å². The Morgan fingerprint density at radius 2 is 1.93 bits per heavy atom. The third-order valence-corrected chi connectivity index (χ3v) is 3.09. The van der Waals surface area contributed by atoms with Crippen LogP contribution in [0, 0.1) is 5.92 Å². The molecule has 2 heteroatoms. The van der Waals surface area contributed by atoms with E-state index in [9.17, 15) is 0 Å². The highest BCUT2D eigenvalue weighted by Gasteiger charge is 2.27. The predicted octanol–water partition coefficient (Wildman–Crippen LogP) is 2.10. The third kappa shape index (κ3) is 3.25. The van der Waals surface area contributed by atoms with Crippen molar-refractivity contribution in [2.45, 2.75) is 52.6 Å². The van der Waals surface area contributed by atoms with Gasteiger partial charge >= 0.3 is 0 Å². The lowest BCUT2D eigenvalue weighted by molar-refractivity contribution is 0.0916. The first-order valence-electron chi connectivity index (χ1n) is 6.11. The van der Waals surface area contributed by atoms with Crippen LogP contribution in [0.3, 0.4) is 0 Å². The predicted molar refractivity (Wildman–Crippen MR) is 62.6 cm³/mol. The minimum atomic E-state index is 0.752. The van der Waals surface area contributed by atoms with Crippen molar-refractivity contribution in [3.63, 3.8) is 0 Å². The standard InChI is InChI=1S/C12H26N2/c1-5-6-14(12-8-13-9-12)11(4)7-10(2)3/h10-13H,5-9H2,1-4H3. The number of nitrogens with one attached hydrogen (secondary N) is 1. The highest BCUT2D eigenvalue weighted by atomic mass is 15.2. The fourth-order valence-corrected chi connectivity index (χ4v) is 2.35. The van der Waals surface area contributed by atoms with Crippen LogP contribution in [0.15, 0.2) is 0 Å². The number of rotatable bonds is 6. The quantitative estimate of drug-likeness (QED) is 0.703. The van der Waals surface area contributed by atoms with Gasteiger partial charge in [-0.05, 0) is 32.2 Å². The molecule has 1 fully saturated rings. The van der Waals surface area contributed by atoms with Crippen molar-refractivity contribution >= 4 is 0 Å². The van der Waals surface area contributed by atoms with Gasteiger partial charge in [0.15, 0.2) is 0 Å². The number of hydrogen-bond acceptors (Lipinski definition) is 2. The van der Waals surface area contributed by atoms with Crippen molar-refractivity contribution in [2.24, 2.45) is 5.92 Å². The highest BCUT2D eigenvalue weighted by Crippen LogP contribution is 2.16. The molecule has 0 saturated carbocycles. The van der Waals surface area contributed by atoms with E-state index in [1.165, 1.54) is 32.5 Å². The van der Waals surface area contributed by atoms with Gasteiger partial charge in [0.2, 0.25) is 0 Å². The monoisotopic (exact) mass is 198 g/mol. The molecule has 14 heavy (non-hydrogen) atoms. The molecule has 0 aliphatic carbocycles. The summed E-state index contributed by atoms with van der Waals surface area (Å²) in [5, 5.41) is 3.37. The van der Waals surface area contributed by atoms with E-state index < -0.39 is 0 Å². The molecule has 2 nitrogen and oxygen atoms in total. The Balaban J connectivity index is 2.39. The zero-order chi connectivity index (χ0) is 10.6. The SMILES string of the molecule is CCCN(C(C)CC(C)C)C1CNC1. The summed E-state index contributed by atoms with van der Waals surface area (Å²) in [4.78, 5) is 2.69. The molecule has 1 aliphatic rings. The second kappa shape index (κ2) is 5.72. The smallest absolute Gasteiger partial charge is 0.0348 e. The van der Waals surface area contributed by atoms with Crippen molar-refractivity contribution < 1.29 is 0 Å². The van der Waals surface area contributed by atoms with Crippen LogP contribution in [0.5, 0.6) is 0 Å². The zero-order valence-corrected chi connectivity index (χ0v) is 10.2. The van der Waals surface area contributed by atoms with E-state index in [2.05, 4.69) is 37.9 Å². The highest BCUT2D eigenvalue weighted by molar-refractivity contribution is 4.87. The van der Waals surface area contributed by atoms with Crippen molar-refractivity contribution in [3.8, 4) is 0 Å². The first kappa shape index (κ1) is 12.0. The van der Waals surface area contributed by atoms with E-state index in [1.807, 2.05) is 0 Å². The summed E-state index contributed by atoms with van der Waals surface area (Å²) in [5.74, 6) is 0.817. The van der Waals surface area contributed by atoms with Gasteiger partial charge in [0.1, 0.15) is 0 Å². The maximum Gasteiger partial charge on any atom is 0.0348 e. The topological polar surface area (TPSA) is 15.3 Å².